The predicted molar refractivity (Wildman–Crippen MR) is 69.9 cm³/mol. The summed E-state index contributed by atoms with van der Waals surface area (Å²) in [5.74, 6) is 0. The molecular formula is C13H15N2OS+. The third-order valence-electron chi connectivity index (χ3n) is 3.17. The largest absolute Gasteiger partial charge is 0.317 e. The molecule has 1 N–H and O–H groups in total. The van der Waals surface area contributed by atoms with Crippen LogP contribution in [-0.4, -0.2) is 21.4 Å². The molecule has 4 heteroatoms. The summed E-state index contributed by atoms with van der Waals surface area (Å²) in [5.41, 5.74) is 3.01. The maximum Gasteiger partial charge on any atom is 0.317 e. The van der Waals surface area contributed by atoms with E-state index in [1.54, 1.807) is 11.3 Å². The molecule has 2 heterocycles. The quantitative estimate of drug-likeness (QED) is 0.600. The van der Waals surface area contributed by atoms with Crippen LogP contribution in [0.3, 0.4) is 0 Å². The van der Waals surface area contributed by atoms with Gasteiger partial charge in [-0.1, -0.05) is 24.3 Å². The molecule has 1 aromatic rings. The Morgan fingerprint density at radius 1 is 1.53 bits per heavy atom. The van der Waals surface area contributed by atoms with Crippen LogP contribution in [0.15, 0.2) is 23.2 Å². The second-order valence-corrected chi connectivity index (χ2v) is 5.41. The molecule has 0 aromatic carbocycles. The Morgan fingerprint density at radius 3 is 3.24 bits per heavy atom. The number of hydrogen-bond acceptors (Lipinski definition) is 3. The van der Waals surface area contributed by atoms with Crippen molar-refractivity contribution >= 4 is 27.8 Å². The van der Waals surface area contributed by atoms with Crippen molar-refractivity contribution < 1.29 is 9.95 Å². The van der Waals surface area contributed by atoms with Gasteiger partial charge in [-0.15, -0.1) is 0 Å². The van der Waals surface area contributed by atoms with Crippen molar-refractivity contribution in [3.8, 4) is 0 Å². The molecular weight excluding hydrogens is 232 g/mol. The number of aliphatic imine (C=N–C) groups is 1. The average molecular weight is 247 g/mol. The highest BCUT2D eigenvalue weighted by Gasteiger charge is 2.30. The van der Waals surface area contributed by atoms with Gasteiger partial charge in [-0.25, -0.2) is 0 Å². The van der Waals surface area contributed by atoms with E-state index in [9.17, 15) is 5.21 Å². The molecule has 1 aliphatic carbocycles. The van der Waals surface area contributed by atoms with Gasteiger partial charge in [0.25, 0.3) is 5.71 Å². The molecule has 0 unspecified atom stereocenters. The van der Waals surface area contributed by atoms with Crippen molar-refractivity contribution in [2.75, 3.05) is 0 Å². The molecule has 2 aliphatic rings. The highest BCUT2D eigenvalue weighted by molar-refractivity contribution is 7.15. The summed E-state index contributed by atoms with van der Waals surface area (Å²) in [5, 5.41) is 11.3. The average Bonchev–Trinajstić information content (AvgIpc) is 2.74. The smallest absolute Gasteiger partial charge is 0.283 e. The van der Waals surface area contributed by atoms with Crippen LogP contribution < -0.4 is 0 Å². The lowest BCUT2D eigenvalue weighted by Gasteiger charge is -2.04. The van der Waals surface area contributed by atoms with Crippen molar-refractivity contribution in [2.24, 2.45) is 4.99 Å². The number of rotatable bonds is 1. The SMILES string of the molecule is CCc1cc2c(s1)[N+](O)=C1CCC=CC1=NC2. The van der Waals surface area contributed by atoms with E-state index in [0.29, 0.717) is 6.54 Å². The van der Waals surface area contributed by atoms with Gasteiger partial charge in [-0.2, -0.15) is 0 Å². The lowest BCUT2D eigenvalue weighted by Crippen LogP contribution is -2.23. The van der Waals surface area contributed by atoms with E-state index < -0.39 is 0 Å². The number of aryl methyl sites for hydroxylation is 1. The Bertz CT molecular complexity index is 552. The zero-order valence-corrected chi connectivity index (χ0v) is 10.6. The van der Waals surface area contributed by atoms with Gasteiger partial charge in [0, 0.05) is 16.0 Å². The first-order valence-electron chi connectivity index (χ1n) is 5.97. The molecule has 0 fully saturated rings. The van der Waals surface area contributed by atoms with Crippen LogP contribution in [-0.2, 0) is 13.0 Å². The highest BCUT2D eigenvalue weighted by Crippen LogP contribution is 2.33. The third-order valence-corrected chi connectivity index (χ3v) is 4.47. The molecule has 0 radical (unpaired) electrons. The zero-order chi connectivity index (χ0) is 11.8. The van der Waals surface area contributed by atoms with Crippen molar-refractivity contribution in [3.63, 3.8) is 0 Å². The van der Waals surface area contributed by atoms with E-state index in [4.69, 9.17) is 0 Å². The van der Waals surface area contributed by atoms with Gasteiger partial charge >= 0.3 is 5.00 Å². The Morgan fingerprint density at radius 2 is 2.41 bits per heavy atom. The Hall–Kier alpha value is -1.42. The summed E-state index contributed by atoms with van der Waals surface area (Å²) in [6.45, 7) is 2.81. The normalized spacial score (nSPS) is 18.5. The summed E-state index contributed by atoms with van der Waals surface area (Å²) >= 11 is 1.67. The van der Waals surface area contributed by atoms with E-state index >= 15 is 0 Å². The molecule has 0 saturated heterocycles. The lowest BCUT2D eigenvalue weighted by molar-refractivity contribution is -0.710. The summed E-state index contributed by atoms with van der Waals surface area (Å²) in [4.78, 5) is 5.89. The topological polar surface area (TPSA) is 35.6 Å². The van der Waals surface area contributed by atoms with Crippen molar-refractivity contribution in [2.45, 2.75) is 32.7 Å². The minimum atomic E-state index is 0.673. The Labute approximate surface area is 104 Å². The van der Waals surface area contributed by atoms with Gasteiger partial charge < -0.3 is 0 Å². The molecule has 1 aliphatic heterocycles. The summed E-state index contributed by atoms with van der Waals surface area (Å²) in [7, 11) is 0. The van der Waals surface area contributed by atoms with Crippen LogP contribution in [0.4, 0.5) is 5.00 Å². The first-order valence-corrected chi connectivity index (χ1v) is 6.79. The molecule has 0 spiro atoms. The third kappa shape index (κ3) is 1.72. The Balaban J connectivity index is 2.15. The van der Waals surface area contributed by atoms with Crippen LogP contribution in [0.25, 0.3) is 0 Å². The Kier molecular flexibility index (Phi) is 2.59. The van der Waals surface area contributed by atoms with Crippen molar-refractivity contribution in [3.05, 3.63) is 28.7 Å². The fraction of sp³-hybridized carbons (Fsp3) is 0.385. The van der Waals surface area contributed by atoms with Crippen molar-refractivity contribution in [1.82, 2.24) is 0 Å². The zero-order valence-electron chi connectivity index (χ0n) is 9.81. The number of thiophene rings is 1. The van der Waals surface area contributed by atoms with Gasteiger partial charge in [0.1, 0.15) is 5.71 Å². The maximum absolute atomic E-state index is 10.3. The molecule has 88 valence electrons. The van der Waals surface area contributed by atoms with Gasteiger partial charge in [0.05, 0.1) is 12.1 Å². The van der Waals surface area contributed by atoms with Crippen LogP contribution >= 0.6 is 11.3 Å². The van der Waals surface area contributed by atoms with Crippen LogP contribution in [0.1, 0.15) is 30.2 Å². The molecule has 1 aromatic heterocycles. The number of nitrogens with zero attached hydrogens (tertiary/aromatic N) is 2. The monoisotopic (exact) mass is 247 g/mol. The molecule has 0 atom stereocenters. The first-order chi connectivity index (χ1) is 8.29. The van der Waals surface area contributed by atoms with Gasteiger partial charge in [-0.3, -0.25) is 10.2 Å². The highest BCUT2D eigenvalue weighted by atomic mass is 32.1. The van der Waals surface area contributed by atoms with E-state index in [1.165, 1.54) is 9.62 Å². The van der Waals surface area contributed by atoms with Crippen LogP contribution in [0.5, 0.6) is 0 Å². The van der Waals surface area contributed by atoms with Crippen molar-refractivity contribution in [1.29, 1.82) is 0 Å². The molecule has 0 bridgehead atoms. The van der Waals surface area contributed by atoms with Gasteiger partial charge in [0.15, 0.2) is 0 Å². The molecule has 17 heavy (non-hydrogen) atoms. The van der Waals surface area contributed by atoms with Crippen LogP contribution in [0.2, 0.25) is 0 Å². The number of fused-ring (bicyclic) bond motifs is 2. The van der Waals surface area contributed by atoms with E-state index in [-0.39, 0.29) is 0 Å². The predicted octanol–water partition coefficient (Wildman–Crippen LogP) is 3.09. The van der Waals surface area contributed by atoms with E-state index in [0.717, 1.165) is 41.3 Å². The second-order valence-electron chi connectivity index (χ2n) is 4.30. The van der Waals surface area contributed by atoms with E-state index in [1.807, 2.05) is 6.08 Å². The summed E-state index contributed by atoms with van der Waals surface area (Å²) in [6.07, 6.45) is 6.99. The fourth-order valence-electron chi connectivity index (χ4n) is 2.23. The summed E-state index contributed by atoms with van der Waals surface area (Å²) < 4.78 is 1.36. The van der Waals surface area contributed by atoms with Crippen LogP contribution in [0, 0.1) is 0 Å². The van der Waals surface area contributed by atoms with E-state index in [2.05, 4.69) is 24.1 Å². The van der Waals surface area contributed by atoms with Gasteiger partial charge in [-0.05, 0) is 25.0 Å². The summed E-state index contributed by atoms with van der Waals surface area (Å²) in [6, 6.07) is 2.16. The maximum atomic E-state index is 10.3. The molecule has 3 nitrogen and oxygen atoms in total. The minimum Gasteiger partial charge on any atom is -0.283 e. The minimum absolute atomic E-state index is 0.673. The molecule has 0 amide bonds. The standard InChI is InChI=1S/C13H15N2OS/c1-2-10-7-9-8-14-11-5-3-4-6-12(11)15(16)13(9)17-10/h3,5,7,16H,2,4,6,8H2,1H3/q+1. The second kappa shape index (κ2) is 4.11. The fourth-order valence-corrected chi connectivity index (χ4v) is 3.28. The number of hydrogen-bond donors (Lipinski definition) is 1. The van der Waals surface area contributed by atoms with Gasteiger partial charge in [0.2, 0.25) is 0 Å². The molecule has 0 saturated carbocycles. The number of allylic oxidation sites excluding steroid dienone is 2. The lowest BCUT2D eigenvalue weighted by atomic mass is 10.0. The molecule has 3 rings (SSSR count). The first kappa shape index (κ1) is 10.7.